The molecule has 356 valence electrons. The number of halogens is 10. The summed E-state index contributed by atoms with van der Waals surface area (Å²) in [5, 5.41) is 0. The Labute approximate surface area is 376 Å². The molecule has 0 saturated heterocycles. The van der Waals surface area contributed by atoms with E-state index in [1.165, 1.54) is 66.7 Å². The number of carbonyl (C=O) groups is 2. The molecule has 67 heavy (non-hydrogen) atoms. The highest BCUT2D eigenvalue weighted by Crippen LogP contribution is 2.35. The molecule has 0 aliphatic carbocycles. The van der Waals surface area contributed by atoms with Gasteiger partial charge in [0, 0.05) is 23.5 Å². The van der Waals surface area contributed by atoms with E-state index in [0.717, 1.165) is 60.7 Å². The largest absolute Gasteiger partial charge is 0.493 e. The fourth-order valence-electron chi connectivity index (χ4n) is 5.75. The standard InChI is InChI=1S/C47H40F10N2O8/c48-44(49,50)23-25-62-36-16-7-33(8-17-36)46(54,55)66-38-12-1-30(2-13-38)5-21-42(60)64-28-32(40-20-11-35(58)27-41(40)59)29-65-43(61)22-6-31-3-14-39(15-4-31)67-47(56,57)34-9-18-37(19-10-34)63-26-24-45(51,52)53/h1-22,27,32H,23-26,28-29,58-59H2/b21-5+,22-6+. The maximum atomic E-state index is 14.8. The Bertz CT molecular complexity index is 2310. The Morgan fingerprint density at radius 1 is 0.507 bits per heavy atom. The maximum absolute atomic E-state index is 14.8. The summed E-state index contributed by atoms with van der Waals surface area (Å²) in [5.41, 5.74) is 12.6. The summed E-state index contributed by atoms with van der Waals surface area (Å²) in [6.07, 6.45) is -14.1. The second-order valence-corrected chi connectivity index (χ2v) is 14.4. The lowest BCUT2D eigenvalue weighted by Gasteiger charge is -2.19. The van der Waals surface area contributed by atoms with Gasteiger partial charge in [0.1, 0.15) is 36.2 Å². The topological polar surface area (TPSA) is 142 Å². The summed E-state index contributed by atoms with van der Waals surface area (Å²) in [6, 6.07) is 23.2. The zero-order valence-corrected chi connectivity index (χ0v) is 34.8. The van der Waals surface area contributed by atoms with Crippen molar-refractivity contribution in [1.82, 2.24) is 0 Å². The third-order valence-corrected chi connectivity index (χ3v) is 9.17. The lowest BCUT2D eigenvalue weighted by Crippen LogP contribution is -2.21. The van der Waals surface area contributed by atoms with Crippen molar-refractivity contribution in [1.29, 1.82) is 0 Å². The number of anilines is 2. The zero-order valence-electron chi connectivity index (χ0n) is 34.8. The molecule has 0 atom stereocenters. The Balaban J connectivity index is 1.11. The van der Waals surface area contributed by atoms with E-state index in [9.17, 15) is 53.5 Å². The number of carbonyl (C=O) groups excluding carboxylic acids is 2. The van der Waals surface area contributed by atoms with Crippen LogP contribution in [0.15, 0.2) is 127 Å². The van der Waals surface area contributed by atoms with E-state index in [0.29, 0.717) is 22.4 Å². The van der Waals surface area contributed by atoms with Crippen molar-refractivity contribution in [3.63, 3.8) is 0 Å². The van der Waals surface area contributed by atoms with Crippen molar-refractivity contribution < 1.29 is 81.9 Å². The first kappa shape index (κ1) is 50.6. The highest BCUT2D eigenvalue weighted by Gasteiger charge is 2.36. The van der Waals surface area contributed by atoms with Gasteiger partial charge in [-0.05, 0) is 114 Å². The molecule has 0 spiro atoms. The first-order valence-electron chi connectivity index (χ1n) is 19.8. The number of benzene rings is 5. The van der Waals surface area contributed by atoms with Crippen LogP contribution in [0.4, 0.5) is 55.3 Å². The normalized spacial score (nSPS) is 12.3. The number of nitrogen functional groups attached to an aromatic ring is 2. The molecule has 0 fully saturated rings. The van der Waals surface area contributed by atoms with Crippen LogP contribution in [0.5, 0.6) is 23.0 Å². The first-order valence-corrected chi connectivity index (χ1v) is 19.8. The van der Waals surface area contributed by atoms with Crippen LogP contribution in [0.3, 0.4) is 0 Å². The molecule has 0 aromatic heterocycles. The maximum Gasteiger partial charge on any atom is 0.426 e. The second-order valence-electron chi connectivity index (χ2n) is 14.4. The van der Waals surface area contributed by atoms with Crippen molar-refractivity contribution in [2.75, 3.05) is 37.9 Å². The molecule has 5 rings (SSSR count). The van der Waals surface area contributed by atoms with Gasteiger partial charge in [-0.3, -0.25) is 0 Å². The molecular formula is C47H40F10N2O8. The average Bonchev–Trinajstić information content (AvgIpc) is 3.25. The minimum absolute atomic E-state index is 0.0316. The molecular weight excluding hydrogens is 911 g/mol. The SMILES string of the molecule is Nc1ccc(C(COC(=O)/C=C/c2ccc(OC(F)(F)c3ccc(OCCC(F)(F)F)cc3)cc2)COC(=O)/C=C/c2ccc(OC(F)(F)c3ccc(OCCC(F)(F)F)cc3)cc2)c(N)c1. The Morgan fingerprint density at radius 3 is 1.24 bits per heavy atom. The fourth-order valence-corrected chi connectivity index (χ4v) is 5.75. The Morgan fingerprint density at radius 2 is 0.881 bits per heavy atom. The lowest BCUT2D eigenvalue weighted by molar-refractivity contribution is -0.186. The number of nitrogens with two attached hydrogens (primary N) is 2. The molecule has 0 saturated carbocycles. The number of esters is 2. The molecule has 10 nitrogen and oxygen atoms in total. The van der Waals surface area contributed by atoms with Crippen LogP contribution in [-0.2, 0) is 31.3 Å². The smallest absolute Gasteiger partial charge is 0.426 e. The van der Waals surface area contributed by atoms with Gasteiger partial charge in [-0.1, -0.05) is 30.3 Å². The van der Waals surface area contributed by atoms with Crippen molar-refractivity contribution in [3.8, 4) is 23.0 Å². The van der Waals surface area contributed by atoms with E-state index in [2.05, 4.69) is 0 Å². The molecule has 5 aromatic rings. The molecule has 5 aromatic carbocycles. The van der Waals surface area contributed by atoms with Gasteiger partial charge in [-0.15, -0.1) is 0 Å². The van der Waals surface area contributed by atoms with Gasteiger partial charge in [0.05, 0.1) is 43.1 Å². The van der Waals surface area contributed by atoms with E-state index in [1.807, 2.05) is 0 Å². The molecule has 0 amide bonds. The molecule has 4 N–H and O–H groups in total. The number of hydrogen-bond donors (Lipinski definition) is 2. The number of ether oxygens (including phenoxy) is 6. The van der Waals surface area contributed by atoms with Crippen LogP contribution >= 0.6 is 0 Å². The van der Waals surface area contributed by atoms with E-state index < -0.39 is 79.6 Å². The monoisotopic (exact) mass is 950 g/mol. The van der Waals surface area contributed by atoms with Crippen molar-refractivity contribution in [2.24, 2.45) is 0 Å². The van der Waals surface area contributed by atoms with Crippen LogP contribution in [0.1, 0.15) is 46.6 Å². The van der Waals surface area contributed by atoms with Gasteiger partial charge in [0.2, 0.25) is 0 Å². The summed E-state index contributed by atoms with van der Waals surface area (Å²) in [4.78, 5) is 25.4. The van der Waals surface area contributed by atoms with Gasteiger partial charge in [-0.25, -0.2) is 9.59 Å². The second kappa shape index (κ2) is 22.2. The Kier molecular flexibility index (Phi) is 16.8. The molecule has 0 radical (unpaired) electrons. The van der Waals surface area contributed by atoms with Gasteiger partial charge >= 0.3 is 36.5 Å². The van der Waals surface area contributed by atoms with Crippen molar-refractivity contribution in [2.45, 2.75) is 43.3 Å². The van der Waals surface area contributed by atoms with Crippen LogP contribution in [0.2, 0.25) is 0 Å². The van der Waals surface area contributed by atoms with Crippen molar-refractivity contribution in [3.05, 3.63) is 155 Å². The van der Waals surface area contributed by atoms with E-state index in [1.54, 1.807) is 12.1 Å². The molecule has 20 heteroatoms. The number of alkyl halides is 10. The third kappa shape index (κ3) is 16.8. The summed E-state index contributed by atoms with van der Waals surface area (Å²) >= 11 is 0. The van der Waals surface area contributed by atoms with Gasteiger partial charge in [0.25, 0.3) is 0 Å². The minimum atomic E-state index is -4.43. The summed E-state index contributed by atoms with van der Waals surface area (Å²) in [5.74, 6) is -2.95. The molecule has 0 aliphatic heterocycles. The van der Waals surface area contributed by atoms with Crippen LogP contribution in [0.25, 0.3) is 12.2 Å². The van der Waals surface area contributed by atoms with Crippen molar-refractivity contribution >= 4 is 35.5 Å². The first-order chi connectivity index (χ1) is 31.5. The fraction of sp³-hybridized carbons (Fsp3) is 0.234. The zero-order chi connectivity index (χ0) is 48.8. The van der Waals surface area contributed by atoms with Crippen LogP contribution in [0, 0.1) is 0 Å². The minimum Gasteiger partial charge on any atom is -0.493 e. The van der Waals surface area contributed by atoms with E-state index in [4.69, 9.17) is 39.9 Å². The third-order valence-electron chi connectivity index (χ3n) is 9.17. The van der Waals surface area contributed by atoms with Gasteiger partial charge in [-0.2, -0.15) is 43.9 Å². The Hall–Kier alpha value is -7.38. The molecule has 0 heterocycles. The van der Waals surface area contributed by atoms with E-state index in [-0.39, 0.29) is 41.9 Å². The predicted octanol–water partition coefficient (Wildman–Crippen LogP) is 11.4. The summed E-state index contributed by atoms with van der Waals surface area (Å²) in [6.45, 7) is -1.98. The molecule has 0 bridgehead atoms. The van der Waals surface area contributed by atoms with Crippen LogP contribution in [-0.4, -0.2) is 50.7 Å². The highest BCUT2D eigenvalue weighted by atomic mass is 19.4. The van der Waals surface area contributed by atoms with Crippen LogP contribution < -0.4 is 30.4 Å². The predicted molar refractivity (Wildman–Crippen MR) is 225 cm³/mol. The highest BCUT2D eigenvalue weighted by molar-refractivity contribution is 5.87. The van der Waals surface area contributed by atoms with Gasteiger partial charge in [0.15, 0.2) is 0 Å². The average molecular weight is 951 g/mol. The molecule has 0 aliphatic rings. The molecule has 0 unspecified atom stereocenters. The quantitative estimate of drug-likeness (QED) is 0.0316. The summed E-state index contributed by atoms with van der Waals surface area (Å²) < 4.78 is 164. The van der Waals surface area contributed by atoms with Gasteiger partial charge < -0.3 is 39.9 Å². The summed E-state index contributed by atoms with van der Waals surface area (Å²) in [7, 11) is 0. The lowest BCUT2D eigenvalue weighted by atomic mass is 9.98. The number of rotatable bonds is 21. The van der Waals surface area contributed by atoms with E-state index >= 15 is 0 Å². The number of hydrogen-bond acceptors (Lipinski definition) is 10.